The molecule has 1 amide bonds. The Hall–Kier alpha value is -3.39. The zero-order valence-corrected chi connectivity index (χ0v) is 15.2. The van der Waals surface area contributed by atoms with Crippen molar-refractivity contribution in [3.63, 3.8) is 0 Å². The number of nitrogens with zero attached hydrogens (tertiary/aromatic N) is 2. The largest absolute Gasteiger partial charge is 0.467 e. The summed E-state index contributed by atoms with van der Waals surface area (Å²) >= 11 is 1.47. The van der Waals surface area contributed by atoms with Crippen molar-refractivity contribution in [3.05, 3.63) is 72.6 Å². The topological polar surface area (TPSA) is 64.1 Å². The number of hydrogen-bond donors (Lipinski definition) is 1. The van der Waals surface area contributed by atoms with Gasteiger partial charge in [-0.1, -0.05) is 36.4 Å². The van der Waals surface area contributed by atoms with Crippen molar-refractivity contribution in [2.75, 3.05) is 11.9 Å². The van der Waals surface area contributed by atoms with Gasteiger partial charge in [-0.05, 0) is 23.8 Å². The molecule has 0 fully saturated rings. The lowest BCUT2D eigenvalue weighted by Crippen LogP contribution is -2.21. The van der Waals surface area contributed by atoms with E-state index in [1.807, 2.05) is 36.4 Å². The second-order valence-electron chi connectivity index (χ2n) is 5.81. The molecule has 0 radical (unpaired) electrons. The normalized spacial score (nSPS) is 10.8. The second-order valence-corrected chi connectivity index (χ2v) is 6.84. The van der Waals surface area contributed by atoms with E-state index >= 15 is 0 Å². The Morgan fingerprint density at radius 2 is 1.79 bits per heavy atom. The van der Waals surface area contributed by atoms with Crippen LogP contribution < -0.4 is 10.1 Å². The van der Waals surface area contributed by atoms with Crippen LogP contribution in [0.3, 0.4) is 0 Å². The second kappa shape index (κ2) is 7.69. The summed E-state index contributed by atoms with van der Waals surface area (Å²) in [6.07, 6.45) is 1.34. The number of aromatic nitrogens is 2. The summed E-state index contributed by atoms with van der Waals surface area (Å²) in [5, 5.41) is 2.84. The minimum Gasteiger partial charge on any atom is -0.467 e. The molecule has 0 spiro atoms. The average molecular weight is 397 g/mol. The summed E-state index contributed by atoms with van der Waals surface area (Å²) in [6.45, 7) is -0.448. The standard InChI is InChI=1S/C20H13F2N3O2S/c21-14-7-4-8-15(22)18(14)25-17(26)10-27-19-13-9-16(12-5-2-1-3-6-12)28-20(13)24-11-23-19/h1-9,11H,10H2,(H,25,26). The SMILES string of the molecule is O=C(COc1ncnc2sc(-c3ccccc3)cc12)Nc1c(F)cccc1F. The quantitative estimate of drug-likeness (QED) is 0.532. The minimum absolute atomic E-state index is 0.229. The van der Waals surface area contributed by atoms with E-state index < -0.39 is 29.8 Å². The smallest absolute Gasteiger partial charge is 0.262 e. The third kappa shape index (κ3) is 3.67. The van der Waals surface area contributed by atoms with Crippen LogP contribution in [0.1, 0.15) is 0 Å². The molecule has 28 heavy (non-hydrogen) atoms. The lowest BCUT2D eigenvalue weighted by molar-refractivity contribution is -0.118. The summed E-state index contributed by atoms with van der Waals surface area (Å²) in [5.41, 5.74) is 0.523. The van der Waals surface area contributed by atoms with Crippen molar-refractivity contribution in [2.24, 2.45) is 0 Å². The Kier molecular flexibility index (Phi) is 4.94. The van der Waals surface area contributed by atoms with Gasteiger partial charge in [-0.15, -0.1) is 11.3 Å². The first-order valence-electron chi connectivity index (χ1n) is 8.28. The molecular formula is C20H13F2N3O2S. The van der Waals surface area contributed by atoms with Crippen LogP contribution >= 0.6 is 11.3 Å². The van der Waals surface area contributed by atoms with Gasteiger partial charge in [0.15, 0.2) is 6.61 Å². The number of para-hydroxylation sites is 1. The van der Waals surface area contributed by atoms with Crippen molar-refractivity contribution < 1.29 is 18.3 Å². The van der Waals surface area contributed by atoms with Gasteiger partial charge in [-0.3, -0.25) is 4.79 Å². The number of thiophene rings is 1. The molecule has 2 heterocycles. The fourth-order valence-corrected chi connectivity index (χ4v) is 3.62. The highest BCUT2D eigenvalue weighted by atomic mass is 32.1. The zero-order valence-electron chi connectivity index (χ0n) is 14.4. The molecule has 0 saturated carbocycles. The van der Waals surface area contributed by atoms with E-state index in [1.165, 1.54) is 23.7 Å². The fraction of sp³-hybridized carbons (Fsp3) is 0.0500. The van der Waals surface area contributed by atoms with Crippen molar-refractivity contribution in [1.82, 2.24) is 9.97 Å². The van der Waals surface area contributed by atoms with E-state index in [0.29, 0.717) is 10.2 Å². The van der Waals surface area contributed by atoms with Crippen LogP contribution in [0.4, 0.5) is 14.5 Å². The Morgan fingerprint density at radius 3 is 2.54 bits per heavy atom. The van der Waals surface area contributed by atoms with Crippen molar-refractivity contribution in [1.29, 1.82) is 0 Å². The zero-order chi connectivity index (χ0) is 19.5. The first kappa shape index (κ1) is 18.0. The van der Waals surface area contributed by atoms with Gasteiger partial charge in [0.25, 0.3) is 5.91 Å². The molecule has 0 aliphatic carbocycles. The minimum atomic E-state index is -0.858. The Morgan fingerprint density at radius 1 is 1.04 bits per heavy atom. The molecule has 0 bridgehead atoms. The molecule has 2 aromatic heterocycles. The predicted molar refractivity (Wildman–Crippen MR) is 103 cm³/mol. The number of fused-ring (bicyclic) bond motifs is 1. The van der Waals surface area contributed by atoms with E-state index in [2.05, 4.69) is 15.3 Å². The summed E-state index contributed by atoms with van der Waals surface area (Å²) < 4.78 is 32.7. The van der Waals surface area contributed by atoms with Crippen LogP contribution in [0, 0.1) is 11.6 Å². The molecule has 0 unspecified atom stereocenters. The molecule has 5 nitrogen and oxygen atoms in total. The van der Waals surface area contributed by atoms with E-state index in [9.17, 15) is 13.6 Å². The molecule has 0 atom stereocenters. The Bertz CT molecular complexity index is 1130. The molecule has 4 rings (SSSR count). The maximum Gasteiger partial charge on any atom is 0.262 e. The molecule has 2 aromatic carbocycles. The number of rotatable bonds is 5. The molecule has 1 N–H and O–H groups in total. The number of anilines is 1. The molecule has 0 saturated heterocycles. The predicted octanol–water partition coefficient (Wildman–Crippen LogP) is 4.65. The van der Waals surface area contributed by atoms with E-state index in [0.717, 1.165) is 22.6 Å². The van der Waals surface area contributed by atoms with Crippen LogP contribution in [0.2, 0.25) is 0 Å². The number of carbonyl (C=O) groups excluding carboxylic acids is 1. The summed E-state index contributed by atoms with van der Waals surface area (Å²) in [4.78, 5) is 22.0. The number of carbonyl (C=O) groups is 1. The molecule has 4 aromatic rings. The molecule has 8 heteroatoms. The van der Waals surface area contributed by atoms with Crippen molar-refractivity contribution >= 4 is 33.1 Å². The van der Waals surface area contributed by atoms with Crippen LogP contribution in [-0.4, -0.2) is 22.5 Å². The maximum absolute atomic E-state index is 13.6. The number of benzene rings is 2. The third-order valence-corrected chi connectivity index (χ3v) is 5.01. The summed E-state index contributed by atoms with van der Waals surface area (Å²) in [5.74, 6) is -2.19. The van der Waals surface area contributed by atoms with Gasteiger partial charge in [0.05, 0.1) is 5.39 Å². The number of nitrogens with one attached hydrogen (secondary N) is 1. The monoisotopic (exact) mass is 397 g/mol. The first-order chi connectivity index (χ1) is 13.6. The lowest BCUT2D eigenvalue weighted by Gasteiger charge is -2.08. The number of amides is 1. The van der Waals surface area contributed by atoms with Crippen LogP contribution in [-0.2, 0) is 4.79 Å². The van der Waals surface area contributed by atoms with Gasteiger partial charge in [-0.25, -0.2) is 18.7 Å². The summed E-state index contributed by atoms with van der Waals surface area (Å²) in [7, 11) is 0. The van der Waals surface area contributed by atoms with Gasteiger partial charge in [-0.2, -0.15) is 0 Å². The maximum atomic E-state index is 13.6. The highest BCUT2D eigenvalue weighted by molar-refractivity contribution is 7.21. The van der Waals surface area contributed by atoms with Crippen LogP contribution in [0.25, 0.3) is 20.7 Å². The van der Waals surface area contributed by atoms with Crippen LogP contribution in [0.5, 0.6) is 5.88 Å². The molecule has 140 valence electrons. The van der Waals surface area contributed by atoms with E-state index in [1.54, 1.807) is 0 Å². The highest BCUT2D eigenvalue weighted by Gasteiger charge is 2.15. The van der Waals surface area contributed by atoms with Gasteiger partial charge in [0.1, 0.15) is 28.5 Å². The number of ether oxygens (including phenoxy) is 1. The summed E-state index contributed by atoms with van der Waals surface area (Å²) in [6, 6.07) is 15.0. The van der Waals surface area contributed by atoms with E-state index in [4.69, 9.17) is 4.74 Å². The first-order valence-corrected chi connectivity index (χ1v) is 9.10. The lowest BCUT2D eigenvalue weighted by atomic mass is 10.2. The molecule has 0 aliphatic heterocycles. The number of halogens is 2. The van der Waals surface area contributed by atoms with Crippen molar-refractivity contribution in [3.8, 4) is 16.3 Å². The van der Waals surface area contributed by atoms with Crippen LogP contribution in [0.15, 0.2) is 60.9 Å². The average Bonchev–Trinajstić information content (AvgIpc) is 3.15. The van der Waals surface area contributed by atoms with Gasteiger partial charge in [0, 0.05) is 4.88 Å². The van der Waals surface area contributed by atoms with Crippen molar-refractivity contribution in [2.45, 2.75) is 0 Å². The Balaban J connectivity index is 1.52. The Labute approximate surface area is 162 Å². The third-order valence-electron chi connectivity index (χ3n) is 3.92. The van der Waals surface area contributed by atoms with Gasteiger partial charge in [0.2, 0.25) is 5.88 Å². The number of hydrogen-bond acceptors (Lipinski definition) is 5. The van der Waals surface area contributed by atoms with E-state index in [-0.39, 0.29) is 5.88 Å². The molecular weight excluding hydrogens is 384 g/mol. The molecule has 0 aliphatic rings. The van der Waals surface area contributed by atoms with Gasteiger partial charge < -0.3 is 10.1 Å². The highest BCUT2D eigenvalue weighted by Crippen LogP contribution is 2.35. The fourth-order valence-electron chi connectivity index (χ4n) is 2.62. The van der Waals surface area contributed by atoms with Gasteiger partial charge >= 0.3 is 0 Å².